The highest BCUT2D eigenvalue weighted by Crippen LogP contribution is 2.32. The van der Waals surface area contributed by atoms with Gasteiger partial charge in [-0.05, 0) is 56.2 Å². The first-order valence-electron chi connectivity index (χ1n) is 8.00. The molecule has 21 heavy (non-hydrogen) atoms. The molecule has 1 aromatic heterocycles. The van der Waals surface area contributed by atoms with Crippen molar-refractivity contribution < 1.29 is 4.79 Å². The molecule has 0 spiro atoms. The Hall–Kier alpha value is -0.520. The van der Waals surface area contributed by atoms with Gasteiger partial charge in [0.2, 0.25) is 0 Å². The summed E-state index contributed by atoms with van der Waals surface area (Å²) in [5, 5.41) is 3.39. The van der Waals surface area contributed by atoms with Crippen LogP contribution < -0.4 is 5.32 Å². The largest absolute Gasteiger partial charge is 0.335 e. The van der Waals surface area contributed by atoms with Crippen LogP contribution in [0.2, 0.25) is 0 Å². The number of amides is 1. The molecule has 0 saturated carbocycles. The lowest BCUT2D eigenvalue weighted by Crippen LogP contribution is -2.46. The van der Waals surface area contributed by atoms with Gasteiger partial charge >= 0.3 is 0 Å². The van der Waals surface area contributed by atoms with Crippen LogP contribution in [0.15, 0.2) is 6.07 Å². The van der Waals surface area contributed by atoms with E-state index in [4.69, 9.17) is 0 Å². The molecule has 0 aliphatic carbocycles. The summed E-state index contributed by atoms with van der Waals surface area (Å²) in [6.07, 6.45) is 4.36. The summed E-state index contributed by atoms with van der Waals surface area (Å²) in [6, 6.07) is 2.59. The summed E-state index contributed by atoms with van der Waals surface area (Å²) in [5.41, 5.74) is 1.40. The predicted molar refractivity (Wildman–Crippen MR) is 91.4 cm³/mol. The summed E-state index contributed by atoms with van der Waals surface area (Å²) < 4.78 is 0. The van der Waals surface area contributed by atoms with Gasteiger partial charge in [0.05, 0.1) is 4.88 Å². The number of nitrogens with zero attached hydrogens (tertiary/aromatic N) is 1. The maximum atomic E-state index is 13.0. The molecule has 3 nitrogen and oxygen atoms in total. The van der Waals surface area contributed by atoms with Gasteiger partial charge in [-0.15, -0.1) is 11.3 Å². The van der Waals surface area contributed by atoms with Crippen LogP contribution in [0.1, 0.15) is 46.3 Å². The molecule has 0 bridgehead atoms. The highest BCUT2D eigenvalue weighted by Gasteiger charge is 2.27. The van der Waals surface area contributed by atoms with Crippen molar-refractivity contribution in [1.82, 2.24) is 10.2 Å². The molecule has 3 heterocycles. The minimum atomic E-state index is 0.271. The maximum absolute atomic E-state index is 13.0. The number of fused-ring (bicyclic) bond motifs is 1. The van der Waals surface area contributed by atoms with Gasteiger partial charge < -0.3 is 10.2 Å². The zero-order chi connectivity index (χ0) is 14.7. The number of piperidine rings is 1. The molecule has 5 heteroatoms. The molecule has 1 amide bonds. The molecule has 1 aromatic rings. The topological polar surface area (TPSA) is 32.3 Å². The Morgan fingerprint density at radius 2 is 2.24 bits per heavy atom. The van der Waals surface area contributed by atoms with Gasteiger partial charge in [-0.2, -0.15) is 11.8 Å². The van der Waals surface area contributed by atoms with Crippen LogP contribution in [0.3, 0.4) is 0 Å². The summed E-state index contributed by atoms with van der Waals surface area (Å²) in [6.45, 7) is 5.13. The van der Waals surface area contributed by atoms with Gasteiger partial charge in [0.1, 0.15) is 0 Å². The van der Waals surface area contributed by atoms with E-state index in [9.17, 15) is 4.79 Å². The molecule has 1 saturated heterocycles. The summed E-state index contributed by atoms with van der Waals surface area (Å²) in [5.74, 6) is 2.56. The average molecular weight is 325 g/mol. The Labute approximate surface area is 135 Å². The smallest absolute Gasteiger partial charge is 0.264 e. The molecular formula is C16H24N2OS2. The fraction of sp³-hybridized carbons (Fsp3) is 0.688. The minimum Gasteiger partial charge on any atom is -0.335 e. The normalized spacial score (nSPS) is 19.3. The standard InChI is InChI=1S/C16H24N2OS2/c1-2-8-18(13-3-6-17-7-4-13)16(19)15-10-12-11-20-9-5-14(12)21-15/h10,13,17H,2-9,11H2,1H3. The van der Waals surface area contributed by atoms with E-state index in [0.29, 0.717) is 6.04 Å². The molecule has 0 unspecified atom stereocenters. The Morgan fingerprint density at radius 1 is 1.43 bits per heavy atom. The van der Waals surface area contributed by atoms with Crippen molar-refractivity contribution in [2.75, 3.05) is 25.4 Å². The Balaban J connectivity index is 1.77. The first kappa shape index (κ1) is 15.4. The molecule has 3 rings (SSSR count). The lowest BCUT2D eigenvalue weighted by atomic mass is 10.0. The molecular weight excluding hydrogens is 300 g/mol. The predicted octanol–water partition coefficient (Wildman–Crippen LogP) is 3.14. The van der Waals surface area contributed by atoms with Crippen LogP contribution in [0.5, 0.6) is 0 Å². The Kier molecular flexibility index (Phi) is 5.24. The summed E-state index contributed by atoms with van der Waals surface area (Å²) in [7, 11) is 0. The fourth-order valence-corrected chi connectivity index (χ4v) is 5.53. The van der Waals surface area contributed by atoms with E-state index in [1.54, 1.807) is 11.3 Å². The van der Waals surface area contributed by atoms with Gasteiger partial charge in [0.25, 0.3) is 5.91 Å². The lowest BCUT2D eigenvalue weighted by molar-refractivity contribution is 0.0647. The van der Waals surface area contributed by atoms with E-state index >= 15 is 0 Å². The van der Waals surface area contributed by atoms with Crippen LogP contribution in [0.4, 0.5) is 0 Å². The van der Waals surface area contributed by atoms with Crippen molar-refractivity contribution in [2.24, 2.45) is 0 Å². The van der Waals surface area contributed by atoms with Crippen molar-refractivity contribution in [3.63, 3.8) is 0 Å². The molecule has 116 valence electrons. The summed E-state index contributed by atoms with van der Waals surface area (Å²) >= 11 is 3.72. The van der Waals surface area contributed by atoms with Gasteiger partial charge in [-0.3, -0.25) is 4.79 Å². The summed E-state index contributed by atoms with van der Waals surface area (Å²) in [4.78, 5) is 17.5. The van der Waals surface area contributed by atoms with Gasteiger partial charge in [0.15, 0.2) is 0 Å². The van der Waals surface area contributed by atoms with Crippen molar-refractivity contribution in [3.05, 3.63) is 21.4 Å². The number of hydrogen-bond acceptors (Lipinski definition) is 4. The first-order chi connectivity index (χ1) is 10.3. The molecule has 0 aromatic carbocycles. The number of thiophene rings is 1. The number of rotatable bonds is 4. The van der Waals surface area contributed by atoms with Gasteiger partial charge in [0, 0.05) is 23.2 Å². The second-order valence-electron chi connectivity index (χ2n) is 5.84. The molecule has 0 atom stereocenters. The molecule has 0 radical (unpaired) electrons. The van der Waals surface area contributed by atoms with E-state index in [2.05, 4.69) is 23.2 Å². The van der Waals surface area contributed by atoms with Crippen LogP contribution in [0.25, 0.3) is 0 Å². The quantitative estimate of drug-likeness (QED) is 0.923. The molecule has 1 N–H and O–H groups in total. The van der Waals surface area contributed by atoms with Crippen LogP contribution in [0, 0.1) is 0 Å². The third-order valence-corrected chi connectivity index (χ3v) is 6.55. The number of thioether (sulfide) groups is 1. The monoisotopic (exact) mass is 324 g/mol. The minimum absolute atomic E-state index is 0.271. The Morgan fingerprint density at radius 3 is 2.95 bits per heavy atom. The second kappa shape index (κ2) is 7.16. The first-order valence-corrected chi connectivity index (χ1v) is 9.97. The van der Waals surface area contributed by atoms with E-state index in [1.807, 2.05) is 11.8 Å². The number of aryl methyl sites for hydroxylation is 1. The lowest BCUT2D eigenvalue weighted by Gasteiger charge is -2.34. The number of nitrogens with one attached hydrogen (secondary N) is 1. The third-order valence-electron chi connectivity index (χ3n) is 4.31. The highest BCUT2D eigenvalue weighted by molar-refractivity contribution is 7.98. The van der Waals surface area contributed by atoms with Gasteiger partial charge in [-0.1, -0.05) is 6.92 Å². The van der Waals surface area contributed by atoms with Crippen molar-refractivity contribution >= 4 is 29.0 Å². The SMILES string of the molecule is CCCN(C(=O)c1cc2c(s1)CCSC2)C1CCNCC1. The van der Waals surface area contributed by atoms with E-state index < -0.39 is 0 Å². The van der Waals surface area contributed by atoms with Gasteiger partial charge in [-0.25, -0.2) is 0 Å². The zero-order valence-electron chi connectivity index (χ0n) is 12.7. The maximum Gasteiger partial charge on any atom is 0.264 e. The van der Waals surface area contributed by atoms with Crippen LogP contribution in [-0.2, 0) is 12.2 Å². The van der Waals surface area contributed by atoms with Crippen LogP contribution >= 0.6 is 23.1 Å². The van der Waals surface area contributed by atoms with Crippen molar-refractivity contribution in [2.45, 2.75) is 44.4 Å². The molecule has 2 aliphatic heterocycles. The van der Waals surface area contributed by atoms with Crippen LogP contribution in [-0.4, -0.2) is 42.2 Å². The second-order valence-corrected chi connectivity index (χ2v) is 8.08. The number of carbonyl (C=O) groups is 1. The Bertz CT molecular complexity index is 471. The van der Waals surface area contributed by atoms with E-state index in [0.717, 1.165) is 55.9 Å². The zero-order valence-corrected chi connectivity index (χ0v) is 14.3. The molecule has 1 fully saturated rings. The molecule has 2 aliphatic rings. The number of hydrogen-bond donors (Lipinski definition) is 1. The average Bonchev–Trinajstić information content (AvgIpc) is 2.97. The number of carbonyl (C=O) groups excluding carboxylic acids is 1. The third kappa shape index (κ3) is 3.46. The van der Waals surface area contributed by atoms with Crippen molar-refractivity contribution in [3.8, 4) is 0 Å². The van der Waals surface area contributed by atoms with E-state index in [-0.39, 0.29) is 5.91 Å². The fourth-order valence-electron chi connectivity index (χ4n) is 3.20. The van der Waals surface area contributed by atoms with Crippen molar-refractivity contribution in [1.29, 1.82) is 0 Å². The van der Waals surface area contributed by atoms with E-state index in [1.165, 1.54) is 16.2 Å². The highest BCUT2D eigenvalue weighted by atomic mass is 32.2.